The maximum atomic E-state index is 11.2. The van der Waals surface area contributed by atoms with E-state index in [9.17, 15) is 9.59 Å². The Morgan fingerprint density at radius 3 is 3.00 bits per heavy atom. The summed E-state index contributed by atoms with van der Waals surface area (Å²) in [4.78, 5) is 22.5. The predicted molar refractivity (Wildman–Crippen MR) is 57.5 cm³/mol. The number of ether oxygens (including phenoxy) is 1. The van der Waals surface area contributed by atoms with Crippen LogP contribution < -0.4 is 5.32 Å². The number of unbranched alkanes of at least 4 members (excludes halogenated alkanes) is 1. The van der Waals surface area contributed by atoms with Crippen molar-refractivity contribution < 1.29 is 19.4 Å². The molecule has 8 nitrogen and oxygen atoms in total. The van der Waals surface area contributed by atoms with Crippen molar-refractivity contribution in [3.05, 3.63) is 6.20 Å². The van der Waals surface area contributed by atoms with Crippen LogP contribution in [0.1, 0.15) is 19.8 Å². The van der Waals surface area contributed by atoms with Gasteiger partial charge < -0.3 is 9.84 Å². The molecule has 0 bridgehead atoms. The molecule has 0 atom stereocenters. The van der Waals surface area contributed by atoms with Crippen molar-refractivity contribution in [2.75, 3.05) is 11.9 Å². The average Bonchev–Trinajstić information content (AvgIpc) is 2.64. The fraction of sp³-hybridized carbons (Fsp3) is 0.556. The zero-order chi connectivity index (χ0) is 12.7. The number of amides is 1. The van der Waals surface area contributed by atoms with Crippen molar-refractivity contribution in [2.45, 2.75) is 26.3 Å². The number of carboxylic acid groups (broad SMARTS) is 1. The van der Waals surface area contributed by atoms with E-state index >= 15 is 0 Å². The van der Waals surface area contributed by atoms with Gasteiger partial charge in [-0.05, 0) is 6.42 Å². The number of nitrogens with zero attached hydrogens (tertiary/aromatic N) is 3. The number of hydrogen-bond acceptors (Lipinski definition) is 5. The van der Waals surface area contributed by atoms with Gasteiger partial charge in [-0.2, -0.15) is 9.90 Å². The van der Waals surface area contributed by atoms with Gasteiger partial charge in [0.2, 0.25) is 0 Å². The molecule has 1 heterocycles. The van der Waals surface area contributed by atoms with Gasteiger partial charge in [0.25, 0.3) is 0 Å². The fourth-order valence-electron chi connectivity index (χ4n) is 1.00. The Hall–Kier alpha value is -2.12. The Labute approximate surface area is 97.6 Å². The molecule has 0 saturated heterocycles. The Balaban J connectivity index is 2.38. The molecule has 1 rings (SSSR count). The highest BCUT2D eigenvalue weighted by Gasteiger charge is 2.08. The minimum atomic E-state index is -1.06. The van der Waals surface area contributed by atoms with Crippen molar-refractivity contribution in [3.8, 4) is 0 Å². The van der Waals surface area contributed by atoms with E-state index in [4.69, 9.17) is 9.84 Å². The van der Waals surface area contributed by atoms with E-state index < -0.39 is 12.1 Å². The van der Waals surface area contributed by atoms with Gasteiger partial charge in [-0.15, -0.1) is 5.10 Å². The van der Waals surface area contributed by atoms with E-state index in [-0.39, 0.29) is 12.4 Å². The first-order chi connectivity index (χ1) is 8.11. The third-order valence-corrected chi connectivity index (χ3v) is 1.77. The van der Waals surface area contributed by atoms with E-state index in [2.05, 4.69) is 15.5 Å². The number of aromatic nitrogens is 3. The Bertz CT molecular complexity index is 390. The van der Waals surface area contributed by atoms with Gasteiger partial charge in [0.15, 0.2) is 12.4 Å². The summed E-state index contributed by atoms with van der Waals surface area (Å²) in [6.07, 6.45) is 2.35. The highest BCUT2D eigenvalue weighted by Crippen LogP contribution is 2.00. The molecule has 0 aliphatic rings. The van der Waals surface area contributed by atoms with Crippen LogP contribution in [0.4, 0.5) is 10.6 Å². The number of aliphatic carboxylic acids is 1. The van der Waals surface area contributed by atoms with Crippen LogP contribution in [0.15, 0.2) is 6.20 Å². The number of nitrogens with one attached hydrogen (secondary N) is 1. The first kappa shape index (κ1) is 12.9. The van der Waals surface area contributed by atoms with Crippen molar-refractivity contribution in [3.63, 3.8) is 0 Å². The fourth-order valence-corrected chi connectivity index (χ4v) is 1.00. The summed E-state index contributed by atoms with van der Waals surface area (Å²) in [6, 6.07) is 0. The van der Waals surface area contributed by atoms with E-state index in [1.165, 1.54) is 6.20 Å². The molecular formula is C9H14N4O4. The van der Waals surface area contributed by atoms with Crippen LogP contribution in [-0.4, -0.2) is 38.8 Å². The molecule has 0 saturated carbocycles. The lowest BCUT2D eigenvalue weighted by Gasteiger charge is -2.02. The molecule has 0 spiro atoms. The summed E-state index contributed by atoms with van der Waals surface area (Å²) in [7, 11) is 0. The molecule has 1 aromatic heterocycles. The maximum absolute atomic E-state index is 11.2. The molecule has 0 aromatic carbocycles. The second-order valence-corrected chi connectivity index (χ2v) is 3.27. The topological polar surface area (TPSA) is 106 Å². The van der Waals surface area contributed by atoms with Gasteiger partial charge in [-0.25, -0.2) is 4.79 Å². The van der Waals surface area contributed by atoms with Gasteiger partial charge in [0, 0.05) is 0 Å². The number of hydrogen-bond donors (Lipinski definition) is 2. The van der Waals surface area contributed by atoms with Crippen LogP contribution in [0.5, 0.6) is 0 Å². The van der Waals surface area contributed by atoms with Crippen molar-refractivity contribution >= 4 is 17.9 Å². The van der Waals surface area contributed by atoms with Crippen LogP contribution in [0.25, 0.3) is 0 Å². The van der Waals surface area contributed by atoms with Crippen molar-refractivity contribution in [2.24, 2.45) is 0 Å². The SMILES string of the molecule is CCCCOC(=O)Nc1cnn(CC(=O)O)n1. The molecule has 0 fully saturated rings. The lowest BCUT2D eigenvalue weighted by atomic mass is 10.4. The molecule has 1 aromatic rings. The van der Waals surface area contributed by atoms with Crippen LogP contribution in [0.2, 0.25) is 0 Å². The maximum Gasteiger partial charge on any atom is 0.412 e. The normalized spacial score (nSPS) is 9.94. The van der Waals surface area contributed by atoms with E-state index in [1.54, 1.807) is 0 Å². The van der Waals surface area contributed by atoms with Gasteiger partial charge >= 0.3 is 12.1 Å². The quantitative estimate of drug-likeness (QED) is 0.711. The predicted octanol–water partition coefficient (Wildman–Crippen LogP) is 0.711. The van der Waals surface area contributed by atoms with Crippen LogP contribution in [0, 0.1) is 0 Å². The Kier molecular flexibility index (Phi) is 4.92. The standard InChI is InChI=1S/C9H14N4O4/c1-2-3-4-17-9(16)11-7-5-10-13(12-7)6-8(14)15/h5H,2-4,6H2,1H3,(H,14,15)(H,11,12,16). The number of carbonyl (C=O) groups excluding carboxylic acids is 1. The number of carboxylic acids is 1. The summed E-state index contributed by atoms with van der Waals surface area (Å²) in [5.41, 5.74) is 0. The first-order valence-electron chi connectivity index (χ1n) is 5.17. The lowest BCUT2D eigenvalue weighted by Crippen LogP contribution is -2.16. The summed E-state index contributed by atoms with van der Waals surface area (Å²) < 4.78 is 4.83. The summed E-state index contributed by atoms with van der Waals surface area (Å²) in [6.45, 7) is 1.97. The lowest BCUT2D eigenvalue weighted by molar-refractivity contribution is -0.138. The second kappa shape index (κ2) is 6.46. The van der Waals surface area contributed by atoms with Crippen molar-refractivity contribution in [1.29, 1.82) is 0 Å². The van der Waals surface area contributed by atoms with Gasteiger partial charge in [0.1, 0.15) is 0 Å². The molecule has 17 heavy (non-hydrogen) atoms. The summed E-state index contributed by atoms with van der Waals surface area (Å²) in [5.74, 6) is -0.898. The molecule has 0 unspecified atom stereocenters. The number of carbonyl (C=O) groups is 2. The van der Waals surface area contributed by atoms with Crippen LogP contribution in [-0.2, 0) is 16.1 Å². The highest BCUT2D eigenvalue weighted by molar-refractivity contribution is 5.82. The Morgan fingerprint density at radius 2 is 2.35 bits per heavy atom. The molecule has 0 aliphatic heterocycles. The molecule has 0 aliphatic carbocycles. The summed E-state index contributed by atoms with van der Waals surface area (Å²) in [5, 5.41) is 18.2. The van der Waals surface area contributed by atoms with Gasteiger partial charge in [0.05, 0.1) is 12.8 Å². The average molecular weight is 242 g/mol. The molecule has 1 amide bonds. The van der Waals surface area contributed by atoms with Gasteiger partial charge in [-0.1, -0.05) is 13.3 Å². The van der Waals surface area contributed by atoms with Crippen molar-refractivity contribution in [1.82, 2.24) is 15.0 Å². The monoisotopic (exact) mass is 242 g/mol. The minimum absolute atomic E-state index is 0.160. The zero-order valence-corrected chi connectivity index (χ0v) is 9.42. The largest absolute Gasteiger partial charge is 0.480 e. The van der Waals surface area contributed by atoms with E-state index in [0.717, 1.165) is 17.6 Å². The smallest absolute Gasteiger partial charge is 0.412 e. The van der Waals surface area contributed by atoms with E-state index in [1.807, 2.05) is 6.92 Å². The third-order valence-electron chi connectivity index (χ3n) is 1.77. The molecule has 8 heteroatoms. The van der Waals surface area contributed by atoms with Crippen LogP contribution >= 0.6 is 0 Å². The zero-order valence-electron chi connectivity index (χ0n) is 9.42. The highest BCUT2D eigenvalue weighted by atomic mass is 16.5. The molecular weight excluding hydrogens is 228 g/mol. The van der Waals surface area contributed by atoms with Gasteiger partial charge in [-0.3, -0.25) is 10.1 Å². The second-order valence-electron chi connectivity index (χ2n) is 3.27. The Morgan fingerprint density at radius 1 is 1.59 bits per heavy atom. The number of rotatable bonds is 6. The number of anilines is 1. The van der Waals surface area contributed by atoms with Crippen LogP contribution in [0.3, 0.4) is 0 Å². The van der Waals surface area contributed by atoms with E-state index in [0.29, 0.717) is 6.61 Å². The minimum Gasteiger partial charge on any atom is -0.480 e. The molecule has 2 N–H and O–H groups in total. The first-order valence-corrected chi connectivity index (χ1v) is 5.17. The summed E-state index contributed by atoms with van der Waals surface area (Å²) >= 11 is 0. The third kappa shape index (κ3) is 4.96. The molecule has 94 valence electrons. The molecule has 0 radical (unpaired) electrons.